The molecule has 372 valence electrons. The molecule has 0 aliphatic carbocycles. The van der Waals surface area contributed by atoms with Gasteiger partial charge in [0.05, 0.1) is 27.7 Å². The lowest BCUT2D eigenvalue weighted by Crippen LogP contribution is -2.37. The lowest BCUT2D eigenvalue weighted by molar-refractivity contribution is -0.870. The molecule has 0 aromatic heterocycles. The number of likely N-dealkylation sites (N-methyl/N-ethyl adjacent to an activating group) is 1. The van der Waals surface area contributed by atoms with Crippen LogP contribution in [0.25, 0.3) is 0 Å². The van der Waals surface area contributed by atoms with Gasteiger partial charge in [0.2, 0.25) is 0 Å². The van der Waals surface area contributed by atoms with Crippen LogP contribution in [-0.2, 0) is 32.7 Å². The van der Waals surface area contributed by atoms with Crippen molar-refractivity contribution in [3.63, 3.8) is 0 Å². The molecule has 0 aromatic rings. The van der Waals surface area contributed by atoms with Gasteiger partial charge in [-0.3, -0.25) is 18.6 Å². The second-order valence-corrected chi connectivity index (χ2v) is 20.0. The number of rotatable bonds is 47. The van der Waals surface area contributed by atoms with Crippen molar-refractivity contribution in [1.82, 2.24) is 0 Å². The molecule has 2 atom stereocenters. The Kier molecular flexibility index (Phi) is 44.2. The van der Waals surface area contributed by atoms with E-state index in [1.807, 2.05) is 21.1 Å². The first kappa shape index (κ1) is 61.7. The van der Waals surface area contributed by atoms with E-state index in [4.69, 9.17) is 18.5 Å². The van der Waals surface area contributed by atoms with E-state index in [2.05, 4.69) is 74.6 Å². The number of quaternary nitrogens is 1. The zero-order chi connectivity index (χ0) is 47.1. The van der Waals surface area contributed by atoms with E-state index in [-0.39, 0.29) is 26.1 Å². The summed E-state index contributed by atoms with van der Waals surface area (Å²) in [7, 11) is 1.43. The smallest absolute Gasteiger partial charge is 0.462 e. The first-order valence-corrected chi connectivity index (χ1v) is 27.5. The Morgan fingerprint density at radius 1 is 0.484 bits per heavy atom. The van der Waals surface area contributed by atoms with E-state index < -0.39 is 32.5 Å². The molecule has 64 heavy (non-hydrogen) atoms. The Bertz CT molecular complexity index is 1270. The molecule has 0 heterocycles. The molecule has 0 rings (SSSR count). The number of allylic oxidation sites excluding steroid dienone is 10. The summed E-state index contributed by atoms with van der Waals surface area (Å²) in [6.45, 7) is 4.33. The normalized spacial score (nSPS) is 13.9. The predicted molar refractivity (Wildman–Crippen MR) is 270 cm³/mol. The average Bonchev–Trinajstić information content (AvgIpc) is 3.25. The van der Waals surface area contributed by atoms with Crippen LogP contribution >= 0.6 is 7.82 Å². The summed E-state index contributed by atoms with van der Waals surface area (Å²) < 4.78 is 34.3. The lowest BCUT2D eigenvalue weighted by Gasteiger charge is -2.24. The van der Waals surface area contributed by atoms with Gasteiger partial charge in [-0.05, 0) is 77.0 Å². The summed E-state index contributed by atoms with van der Waals surface area (Å²) in [5.41, 5.74) is 0. The summed E-state index contributed by atoms with van der Waals surface area (Å²) in [5.74, 6) is -0.908. The van der Waals surface area contributed by atoms with Crippen LogP contribution in [0.4, 0.5) is 0 Å². The molecule has 9 nitrogen and oxygen atoms in total. The average molecular weight is 921 g/mol. The Morgan fingerprint density at radius 2 is 0.859 bits per heavy atom. The summed E-state index contributed by atoms with van der Waals surface area (Å²) >= 11 is 0. The molecule has 1 N–H and O–H groups in total. The molecule has 0 saturated heterocycles. The van der Waals surface area contributed by atoms with Crippen LogP contribution in [0, 0.1) is 0 Å². The van der Waals surface area contributed by atoms with E-state index in [1.54, 1.807) is 0 Å². The number of hydrogen-bond acceptors (Lipinski definition) is 7. The predicted octanol–water partition coefficient (Wildman–Crippen LogP) is 15.6. The largest absolute Gasteiger partial charge is 0.472 e. The van der Waals surface area contributed by atoms with Crippen LogP contribution in [0.1, 0.15) is 219 Å². The monoisotopic (exact) mass is 921 g/mol. The van der Waals surface area contributed by atoms with Gasteiger partial charge in [-0.1, -0.05) is 190 Å². The molecule has 1 unspecified atom stereocenters. The van der Waals surface area contributed by atoms with Gasteiger partial charge in [-0.25, -0.2) is 4.57 Å². The van der Waals surface area contributed by atoms with Gasteiger partial charge in [0.15, 0.2) is 6.10 Å². The number of hydrogen-bond donors (Lipinski definition) is 1. The van der Waals surface area contributed by atoms with Crippen LogP contribution < -0.4 is 0 Å². The van der Waals surface area contributed by atoms with Crippen molar-refractivity contribution in [2.24, 2.45) is 0 Å². The first-order valence-electron chi connectivity index (χ1n) is 26.0. The molecule has 10 heteroatoms. The number of phosphoric ester groups is 1. The van der Waals surface area contributed by atoms with Crippen molar-refractivity contribution in [2.45, 2.75) is 225 Å². The molecule has 0 fully saturated rings. The van der Waals surface area contributed by atoms with Crippen LogP contribution in [0.5, 0.6) is 0 Å². The van der Waals surface area contributed by atoms with Crippen molar-refractivity contribution in [1.29, 1.82) is 0 Å². The minimum absolute atomic E-state index is 0.0154. The maximum atomic E-state index is 12.7. The second kappa shape index (κ2) is 45.8. The van der Waals surface area contributed by atoms with Crippen molar-refractivity contribution < 1.29 is 42.1 Å². The Morgan fingerprint density at radius 3 is 1.31 bits per heavy atom. The SMILES string of the molecule is CCCCCCCC/C=C/C/C=C/C/C=C/CCCC(=O)OC[C@H](COP(=O)(O)OCC[N+](C)(C)C)OC(=O)CCC/C=C/CC/C=C/CCCCCCCCCCCCCCCC. The molecule has 0 bridgehead atoms. The molecule has 0 aliphatic heterocycles. The Hall–Kier alpha value is -2.29. The molecule has 0 saturated carbocycles. The minimum Gasteiger partial charge on any atom is -0.462 e. The van der Waals surface area contributed by atoms with E-state index in [1.165, 1.54) is 128 Å². The number of esters is 2. The molecule has 0 spiro atoms. The van der Waals surface area contributed by atoms with Crippen LogP contribution in [0.2, 0.25) is 0 Å². The number of ether oxygens (including phenoxy) is 2. The highest BCUT2D eigenvalue weighted by Gasteiger charge is 2.27. The van der Waals surface area contributed by atoms with Crippen molar-refractivity contribution >= 4 is 19.8 Å². The molecule has 0 amide bonds. The molecular weight excluding hydrogens is 822 g/mol. The van der Waals surface area contributed by atoms with Gasteiger partial charge in [-0.2, -0.15) is 0 Å². The van der Waals surface area contributed by atoms with Crippen LogP contribution in [0.15, 0.2) is 60.8 Å². The molecular formula is C54H99NO8P+. The highest BCUT2D eigenvalue weighted by Crippen LogP contribution is 2.43. The second-order valence-electron chi connectivity index (χ2n) is 18.5. The maximum Gasteiger partial charge on any atom is 0.472 e. The van der Waals surface area contributed by atoms with Crippen LogP contribution in [0.3, 0.4) is 0 Å². The zero-order valence-electron chi connectivity index (χ0n) is 42.0. The fourth-order valence-corrected chi connectivity index (χ4v) is 7.67. The summed E-state index contributed by atoms with van der Waals surface area (Å²) in [4.78, 5) is 35.5. The standard InChI is InChI=1S/C54H98NO8P/c1-6-8-10-12-14-16-18-20-22-24-25-26-27-28-29-31-33-35-37-39-41-43-45-47-54(57)63-52(51-62-64(58,59)61-49-48-55(3,4)5)50-60-53(56)46-44-42-40-38-36-34-32-30-23-21-19-17-15-13-11-9-7-2/h21,23,31-34,38-41,52H,6-20,22,24-30,35-37,42-51H2,1-5H3/p+1/b23-21+,33-31+,34-32+,40-38+,41-39+/t52-/m1/s1. The number of carbonyl (C=O) groups is 2. The molecule has 0 aromatic carbocycles. The Labute approximate surface area is 394 Å². The third-order valence-electron chi connectivity index (χ3n) is 11.0. The third kappa shape index (κ3) is 49.2. The van der Waals surface area contributed by atoms with E-state index >= 15 is 0 Å². The fourth-order valence-electron chi connectivity index (χ4n) is 6.93. The van der Waals surface area contributed by atoms with E-state index in [9.17, 15) is 19.0 Å². The maximum absolute atomic E-state index is 12.7. The first-order chi connectivity index (χ1) is 31.0. The third-order valence-corrected chi connectivity index (χ3v) is 12.0. The van der Waals surface area contributed by atoms with E-state index in [0.29, 0.717) is 23.9 Å². The zero-order valence-corrected chi connectivity index (χ0v) is 42.9. The summed E-state index contributed by atoms with van der Waals surface area (Å²) in [5, 5.41) is 0. The highest BCUT2D eigenvalue weighted by molar-refractivity contribution is 7.47. The van der Waals surface area contributed by atoms with Crippen LogP contribution in [-0.4, -0.2) is 74.9 Å². The number of unbranched alkanes of at least 4 members (excludes halogenated alkanes) is 23. The van der Waals surface area contributed by atoms with Gasteiger partial charge < -0.3 is 18.9 Å². The summed E-state index contributed by atoms with van der Waals surface area (Å²) in [6, 6.07) is 0. The minimum atomic E-state index is -4.40. The molecule has 0 radical (unpaired) electrons. The Balaban J connectivity index is 4.36. The molecule has 0 aliphatic rings. The van der Waals surface area contributed by atoms with Crippen molar-refractivity contribution in [3.05, 3.63) is 60.8 Å². The number of nitrogens with zero attached hydrogens (tertiary/aromatic N) is 1. The topological polar surface area (TPSA) is 108 Å². The van der Waals surface area contributed by atoms with Gasteiger partial charge >= 0.3 is 19.8 Å². The summed E-state index contributed by atoms with van der Waals surface area (Å²) in [6.07, 6.45) is 57.3. The highest BCUT2D eigenvalue weighted by atomic mass is 31.2. The van der Waals surface area contributed by atoms with Crippen molar-refractivity contribution in [2.75, 3.05) is 47.5 Å². The van der Waals surface area contributed by atoms with E-state index in [0.717, 1.165) is 51.4 Å². The lowest BCUT2D eigenvalue weighted by atomic mass is 10.0. The van der Waals surface area contributed by atoms with Gasteiger partial charge in [-0.15, -0.1) is 0 Å². The fraction of sp³-hybridized carbons (Fsp3) is 0.778. The van der Waals surface area contributed by atoms with Gasteiger partial charge in [0.1, 0.15) is 19.8 Å². The van der Waals surface area contributed by atoms with Gasteiger partial charge in [0, 0.05) is 12.8 Å². The number of phosphoric acid groups is 1. The van der Waals surface area contributed by atoms with Crippen molar-refractivity contribution in [3.8, 4) is 0 Å². The quantitative estimate of drug-likeness (QED) is 0.0211. The van der Waals surface area contributed by atoms with Gasteiger partial charge in [0.25, 0.3) is 0 Å². The number of carbonyl (C=O) groups excluding carboxylic acids is 2.